The molecular weight excluding hydrogens is 344 g/mol. The second kappa shape index (κ2) is 9.02. The predicted molar refractivity (Wildman–Crippen MR) is 103 cm³/mol. The third-order valence-electron chi connectivity index (χ3n) is 5.39. The molecule has 2 atom stereocenters. The first-order valence-corrected chi connectivity index (χ1v) is 9.92. The summed E-state index contributed by atoms with van der Waals surface area (Å²) < 4.78 is 5.68. The highest BCUT2D eigenvalue weighted by Gasteiger charge is 2.39. The lowest BCUT2D eigenvalue weighted by atomic mass is 9.85. The van der Waals surface area contributed by atoms with Gasteiger partial charge >= 0.3 is 12.0 Å². The SMILES string of the molecule is CCCC1=NC(=O)NC(c2cccc(O)c2)C1C(=O)OCC1CCCCC1. The van der Waals surface area contributed by atoms with Crippen molar-refractivity contribution in [1.29, 1.82) is 0 Å². The van der Waals surface area contributed by atoms with Gasteiger partial charge in [0.1, 0.15) is 11.7 Å². The van der Waals surface area contributed by atoms with Crippen molar-refractivity contribution >= 4 is 17.7 Å². The van der Waals surface area contributed by atoms with Gasteiger partial charge < -0.3 is 15.2 Å². The minimum absolute atomic E-state index is 0.0932. The zero-order valence-corrected chi connectivity index (χ0v) is 15.8. The van der Waals surface area contributed by atoms with Crippen molar-refractivity contribution in [1.82, 2.24) is 5.32 Å². The number of hydrogen-bond acceptors (Lipinski definition) is 4. The highest BCUT2D eigenvalue weighted by atomic mass is 16.5. The third kappa shape index (κ3) is 4.87. The molecule has 0 bridgehead atoms. The maximum atomic E-state index is 13.0. The van der Waals surface area contributed by atoms with Gasteiger partial charge in [-0.15, -0.1) is 0 Å². The average molecular weight is 372 g/mol. The number of nitrogens with one attached hydrogen (secondary N) is 1. The molecule has 0 spiro atoms. The van der Waals surface area contributed by atoms with Gasteiger partial charge in [-0.05, 0) is 42.9 Å². The van der Waals surface area contributed by atoms with E-state index in [0.717, 1.165) is 19.3 Å². The Morgan fingerprint density at radius 2 is 2.07 bits per heavy atom. The van der Waals surface area contributed by atoms with E-state index in [9.17, 15) is 14.7 Å². The molecule has 1 aliphatic carbocycles. The fraction of sp³-hybridized carbons (Fsp3) is 0.571. The monoisotopic (exact) mass is 372 g/mol. The zero-order valence-electron chi connectivity index (χ0n) is 15.8. The molecule has 6 heteroatoms. The van der Waals surface area contributed by atoms with Crippen LogP contribution in [0.3, 0.4) is 0 Å². The first kappa shape index (κ1) is 19.4. The van der Waals surface area contributed by atoms with Crippen molar-refractivity contribution in [3.63, 3.8) is 0 Å². The lowest BCUT2D eigenvalue weighted by molar-refractivity contribution is -0.148. The number of amides is 2. The number of aromatic hydroxyl groups is 1. The Kier molecular flexibility index (Phi) is 6.48. The number of urea groups is 1. The van der Waals surface area contributed by atoms with Gasteiger partial charge in [0.15, 0.2) is 0 Å². The second-order valence-corrected chi connectivity index (χ2v) is 7.49. The Hall–Kier alpha value is -2.37. The van der Waals surface area contributed by atoms with Gasteiger partial charge in [0, 0.05) is 5.71 Å². The van der Waals surface area contributed by atoms with Gasteiger partial charge in [-0.1, -0.05) is 44.7 Å². The molecule has 1 aromatic carbocycles. The molecule has 2 unspecified atom stereocenters. The number of esters is 1. The first-order valence-electron chi connectivity index (χ1n) is 9.92. The number of nitrogens with zero attached hydrogens (tertiary/aromatic N) is 1. The number of phenols is 1. The Morgan fingerprint density at radius 1 is 1.30 bits per heavy atom. The lowest BCUT2D eigenvalue weighted by Gasteiger charge is -2.31. The molecule has 2 N–H and O–H groups in total. The van der Waals surface area contributed by atoms with Crippen LogP contribution in [0.25, 0.3) is 0 Å². The molecule has 2 amide bonds. The maximum Gasteiger partial charge on any atom is 0.341 e. The van der Waals surface area contributed by atoms with Crippen LogP contribution in [-0.4, -0.2) is 29.4 Å². The molecule has 0 saturated heterocycles. The zero-order chi connectivity index (χ0) is 19.2. The Labute approximate surface area is 160 Å². The van der Waals surface area contributed by atoms with E-state index in [0.29, 0.717) is 30.2 Å². The van der Waals surface area contributed by atoms with Crippen LogP contribution in [0.4, 0.5) is 4.79 Å². The number of rotatable bonds is 6. The smallest absolute Gasteiger partial charge is 0.341 e. The fourth-order valence-electron chi connectivity index (χ4n) is 4.02. The van der Waals surface area contributed by atoms with E-state index < -0.39 is 18.0 Å². The van der Waals surface area contributed by atoms with E-state index >= 15 is 0 Å². The van der Waals surface area contributed by atoms with Gasteiger partial charge in [0.25, 0.3) is 0 Å². The maximum absolute atomic E-state index is 13.0. The van der Waals surface area contributed by atoms with Crippen LogP contribution < -0.4 is 5.32 Å². The van der Waals surface area contributed by atoms with Gasteiger partial charge in [-0.25, -0.2) is 9.79 Å². The summed E-state index contributed by atoms with van der Waals surface area (Å²) in [5, 5.41) is 12.6. The number of hydrogen-bond donors (Lipinski definition) is 2. The van der Waals surface area contributed by atoms with Crippen LogP contribution in [0.1, 0.15) is 63.5 Å². The van der Waals surface area contributed by atoms with Crippen LogP contribution in [0.2, 0.25) is 0 Å². The van der Waals surface area contributed by atoms with E-state index in [1.807, 2.05) is 6.92 Å². The van der Waals surface area contributed by atoms with Crippen LogP contribution in [0, 0.1) is 11.8 Å². The van der Waals surface area contributed by atoms with Crippen LogP contribution in [0.5, 0.6) is 5.75 Å². The molecular formula is C21H28N2O4. The van der Waals surface area contributed by atoms with Crippen molar-refractivity contribution in [2.24, 2.45) is 16.8 Å². The molecule has 0 radical (unpaired) electrons. The molecule has 146 valence electrons. The van der Waals surface area contributed by atoms with Gasteiger partial charge in [-0.3, -0.25) is 4.79 Å². The molecule has 1 heterocycles. The van der Waals surface area contributed by atoms with E-state index in [4.69, 9.17) is 4.74 Å². The van der Waals surface area contributed by atoms with Crippen molar-refractivity contribution < 1.29 is 19.4 Å². The minimum Gasteiger partial charge on any atom is -0.508 e. The minimum atomic E-state index is -0.659. The fourth-order valence-corrected chi connectivity index (χ4v) is 4.02. The summed E-state index contributed by atoms with van der Waals surface area (Å²) in [6.45, 7) is 2.41. The van der Waals surface area contributed by atoms with Gasteiger partial charge in [0.2, 0.25) is 0 Å². The summed E-state index contributed by atoms with van der Waals surface area (Å²) in [6, 6.07) is 5.59. The molecule has 1 fully saturated rings. The summed E-state index contributed by atoms with van der Waals surface area (Å²) in [5.41, 5.74) is 1.23. The topological polar surface area (TPSA) is 88.0 Å². The Balaban J connectivity index is 1.81. The molecule has 6 nitrogen and oxygen atoms in total. The lowest BCUT2D eigenvalue weighted by Crippen LogP contribution is -2.45. The summed E-state index contributed by atoms with van der Waals surface area (Å²) in [6.07, 6.45) is 7.18. The van der Waals surface area contributed by atoms with Crippen molar-refractivity contribution in [2.75, 3.05) is 6.61 Å². The number of aliphatic imine (C=N–C) groups is 1. The summed E-state index contributed by atoms with van der Waals surface area (Å²) in [4.78, 5) is 29.1. The number of carbonyl (C=O) groups is 2. The van der Waals surface area contributed by atoms with Crippen molar-refractivity contribution in [2.45, 2.75) is 57.9 Å². The second-order valence-electron chi connectivity index (χ2n) is 7.49. The molecule has 0 aromatic heterocycles. The van der Waals surface area contributed by atoms with E-state index in [2.05, 4.69) is 10.3 Å². The Bertz CT molecular complexity index is 710. The van der Waals surface area contributed by atoms with Crippen molar-refractivity contribution in [3.05, 3.63) is 29.8 Å². The first-order chi connectivity index (χ1) is 13.1. The molecule has 1 saturated carbocycles. The standard InChI is InChI=1S/C21H28N2O4/c1-2-7-17-18(20(25)27-13-14-8-4-3-5-9-14)19(23-21(26)22-17)15-10-6-11-16(24)12-15/h6,10-12,14,18-19,24H,2-5,7-9,13H2,1H3,(H,23,26). The van der Waals surface area contributed by atoms with E-state index in [1.165, 1.54) is 19.3 Å². The van der Waals surface area contributed by atoms with Gasteiger partial charge in [-0.2, -0.15) is 0 Å². The highest BCUT2D eigenvalue weighted by molar-refractivity contribution is 6.09. The molecule has 27 heavy (non-hydrogen) atoms. The molecule has 3 rings (SSSR count). The van der Waals surface area contributed by atoms with Gasteiger partial charge in [0.05, 0.1) is 12.6 Å². The molecule has 1 aliphatic heterocycles. The van der Waals surface area contributed by atoms with Crippen molar-refractivity contribution in [3.8, 4) is 5.75 Å². The highest BCUT2D eigenvalue weighted by Crippen LogP contribution is 2.32. The molecule has 1 aromatic rings. The van der Waals surface area contributed by atoms with E-state index in [1.54, 1.807) is 24.3 Å². The van der Waals surface area contributed by atoms with Crippen LogP contribution in [-0.2, 0) is 9.53 Å². The largest absolute Gasteiger partial charge is 0.508 e. The summed E-state index contributed by atoms with van der Waals surface area (Å²) in [5.74, 6) is -0.489. The summed E-state index contributed by atoms with van der Waals surface area (Å²) >= 11 is 0. The number of carbonyl (C=O) groups excluding carboxylic acids is 2. The normalized spacial score (nSPS) is 23.4. The summed E-state index contributed by atoms with van der Waals surface area (Å²) in [7, 11) is 0. The Morgan fingerprint density at radius 3 is 2.78 bits per heavy atom. The predicted octanol–water partition coefficient (Wildman–Crippen LogP) is 4.14. The van der Waals surface area contributed by atoms with Crippen LogP contribution >= 0.6 is 0 Å². The number of benzene rings is 1. The number of phenolic OH excluding ortho intramolecular Hbond substituents is 1. The third-order valence-corrected chi connectivity index (χ3v) is 5.39. The van der Waals surface area contributed by atoms with E-state index in [-0.39, 0.29) is 11.7 Å². The number of ether oxygens (including phenoxy) is 1. The van der Waals surface area contributed by atoms with Crippen LogP contribution in [0.15, 0.2) is 29.3 Å². The molecule has 2 aliphatic rings. The quantitative estimate of drug-likeness (QED) is 0.735. The average Bonchev–Trinajstić information content (AvgIpc) is 2.67.